The van der Waals surface area contributed by atoms with Crippen molar-refractivity contribution in [3.8, 4) is 0 Å². The Bertz CT molecular complexity index is 525. The summed E-state index contributed by atoms with van der Waals surface area (Å²) in [6, 6.07) is 4.07. The zero-order valence-corrected chi connectivity index (χ0v) is 12.8. The first kappa shape index (κ1) is 14.1. The summed E-state index contributed by atoms with van der Waals surface area (Å²) in [6.07, 6.45) is 4.20. The molecule has 0 saturated carbocycles. The highest BCUT2D eigenvalue weighted by molar-refractivity contribution is 9.10. The summed E-state index contributed by atoms with van der Waals surface area (Å²) in [5, 5.41) is 7.67. The Labute approximate surface area is 121 Å². The van der Waals surface area contributed by atoms with E-state index in [9.17, 15) is 0 Å². The normalized spacial score (nSPS) is 12.6. The zero-order valence-electron chi connectivity index (χ0n) is 11.2. The van der Waals surface area contributed by atoms with E-state index in [1.807, 2.05) is 23.0 Å². The van der Waals surface area contributed by atoms with Crippen LogP contribution in [0.3, 0.4) is 0 Å². The van der Waals surface area contributed by atoms with E-state index in [2.05, 4.69) is 50.2 Å². The molecule has 0 fully saturated rings. The van der Waals surface area contributed by atoms with Crippen LogP contribution in [-0.2, 0) is 13.0 Å². The second-order valence-corrected chi connectivity index (χ2v) is 5.03. The van der Waals surface area contributed by atoms with E-state index in [4.69, 9.17) is 0 Å². The van der Waals surface area contributed by atoms with Gasteiger partial charge in [0.05, 0.1) is 11.7 Å². The van der Waals surface area contributed by atoms with Crippen LogP contribution >= 0.6 is 15.9 Å². The fourth-order valence-corrected chi connectivity index (χ4v) is 2.59. The Hall–Kier alpha value is -1.27. The minimum absolute atomic E-state index is 0.134. The van der Waals surface area contributed by atoms with Gasteiger partial charge in [-0.2, -0.15) is 5.10 Å². The number of likely N-dealkylation sites (N-methyl/N-ethyl adjacent to an activating group) is 1. The molecule has 0 radical (unpaired) electrons. The van der Waals surface area contributed by atoms with Crippen molar-refractivity contribution in [1.29, 1.82) is 0 Å². The van der Waals surface area contributed by atoms with Crippen molar-refractivity contribution in [3.05, 3.63) is 40.6 Å². The summed E-state index contributed by atoms with van der Waals surface area (Å²) >= 11 is 3.56. The summed E-state index contributed by atoms with van der Waals surface area (Å²) < 4.78 is 2.93. The van der Waals surface area contributed by atoms with Crippen LogP contribution < -0.4 is 5.32 Å². The van der Waals surface area contributed by atoms with Crippen molar-refractivity contribution in [3.63, 3.8) is 0 Å². The Morgan fingerprint density at radius 3 is 2.89 bits per heavy atom. The first-order chi connectivity index (χ1) is 9.26. The number of halogens is 1. The van der Waals surface area contributed by atoms with Crippen LogP contribution in [0.2, 0.25) is 0 Å². The van der Waals surface area contributed by atoms with Crippen molar-refractivity contribution >= 4 is 15.9 Å². The van der Waals surface area contributed by atoms with Crippen LogP contribution in [0.5, 0.6) is 0 Å². The lowest BCUT2D eigenvalue weighted by molar-refractivity contribution is 0.499. The highest BCUT2D eigenvalue weighted by Crippen LogP contribution is 2.23. The Balaban J connectivity index is 2.24. The van der Waals surface area contributed by atoms with Gasteiger partial charge in [0, 0.05) is 23.6 Å². The summed E-state index contributed by atoms with van der Waals surface area (Å²) in [6.45, 7) is 5.87. The molecule has 6 heteroatoms. The standard InChI is InChI=1S/C13H18BrN5/c1-3-15-11(13-10(14)6-5-7-16-13)8-12-17-9-18-19(12)4-2/h5-7,9,11,15H,3-4,8H2,1-2H3. The quantitative estimate of drug-likeness (QED) is 0.886. The van der Waals surface area contributed by atoms with Gasteiger partial charge >= 0.3 is 0 Å². The fraction of sp³-hybridized carbons (Fsp3) is 0.462. The lowest BCUT2D eigenvalue weighted by Gasteiger charge is -2.18. The van der Waals surface area contributed by atoms with E-state index < -0.39 is 0 Å². The van der Waals surface area contributed by atoms with Gasteiger partial charge < -0.3 is 5.32 Å². The maximum Gasteiger partial charge on any atom is 0.138 e. The summed E-state index contributed by atoms with van der Waals surface area (Å²) in [5.74, 6) is 0.978. The van der Waals surface area contributed by atoms with Crippen molar-refractivity contribution < 1.29 is 0 Å². The number of nitrogens with zero attached hydrogens (tertiary/aromatic N) is 4. The third kappa shape index (κ3) is 3.39. The third-order valence-corrected chi connectivity index (χ3v) is 3.62. The number of hydrogen-bond donors (Lipinski definition) is 1. The molecule has 0 bridgehead atoms. The van der Waals surface area contributed by atoms with Crippen molar-refractivity contribution in [2.75, 3.05) is 6.54 Å². The molecule has 1 atom stereocenters. The van der Waals surface area contributed by atoms with Crippen LogP contribution in [0, 0.1) is 0 Å². The Kier molecular flexibility index (Phi) is 5.04. The molecule has 0 aromatic carbocycles. The molecule has 1 N–H and O–H groups in total. The van der Waals surface area contributed by atoms with E-state index in [0.29, 0.717) is 0 Å². The van der Waals surface area contributed by atoms with Crippen LogP contribution in [0.4, 0.5) is 0 Å². The van der Waals surface area contributed by atoms with Gasteiger partial charge in [0.25, 0.3) is 0 Å². The van der Waals surface area contributed by atoms with Crippen molar-refractivity contribution in [2.24, 2.45) is 0 Å². The van der Waals surface area contributed by atoms with Gasteiger partial charge in [-0.1, -0.05) is 6.92 Å². The molecule has 19 heavy (non-hydrogen) atoms. The Morgan fingerprint density at radius 2 is 2.21 bits per heavy atom. The summed E-state index contributed by atoms with van der Waals surface area (Å²) in [5.41, 5.74) is 1.01. The number of aromatic nitrogens is 4. The zero-order chi connectivity index (χ0) is 13.7. The number of rotatable bonds is 6. The molecule has 102 valence electrons. The Morgan fingerprint density at radius 1 is 1.37 bits per heavy atom. The van der Waals surface area contributed by atoms with E-state index in [0.717, 1.165) is 35.5 Å². The minimum Gasteiger partial charge on any atom is -0.308 e. The first-order valence-corrected chi connectivity index (χ1v) is 7.26. The van der Waals surface area contributed by atoms with E-state index in [1.165, 1.54) is 0 Å². The number of pyridine rings is 1. The lowest BCUT2D eigenvalue weighted by atomic mass is 10.1. The lowest BCUT2D eigenvalue weighted by Crippen LogP contribution is -2.25. The van der Waals surface area contributed by atoms with Gasteiger partial charge in [-0.3, -0.25) is 9.67 Å². The molecule has 2 heterocycles. The van der Waals surface area contributed by atoms with Crippen molar-refractivity contribution in [2.45, 2.75) is 32.9 Å². The molecule has 2 aromatic rings. The molecule has 1 unspecified atom stereocenters. The minimum atomic E-state index is 0.134. The molecule has 5 nitrogen and oxygen atoms in total. The topological polar surface area (TPSA) is 55.6 Å². The smallest absolute Gasteiger partial charge is 0.138 e. The average Bonchev–Trinajstić information content (AvgIpc) is 2.86. The number of hydrogen-bond acceptors (Lipinski definition) is 4. The van der Waals surface area contributed by atoms with Gasteiger partial charge in [0.2, 0.25) is 0 Å². The molecule has 0 amide bonds. The molecule has 0 aliphatic heterocycles. The van der Waals surface area contributed by atoms with Gasteiger partial charge in [-0.25, -0.2) is 4.98 Å². The SMILES string of the molecule is CCNC(Cc1ncnn1CC)c1ncccc1Br. The average molecular weight is 324 g/mol. The fourth-order valence-electron chi connectivity index (χ4n) is 2.06. The van der Waals surface area contributed by atoms with E-state index in [1.54, 1.807) is 6.33 Å². The molecule has 0 aliphatic rings. The summed E-state index contributed by atoms with van der Waals surface area (Å²) in [7, 11) is 0. The molecule has 2 rings (SSSR count). The van der Waals surface area contributed by atoms with Gasteiger partial charge in [0.1, 0.15) is 12.2 Å². The first-order valence-electron chi connectivity index (χ1n) is 6.46. The maximum atomic E-state index is 4.47. The van der Waals surface area contributed by atoms with Crippen LogP contribution in [-0.4, -0.2) is 26.3 Å². The van der Waals surface area contributed by atoms with Crippen LogP contribution in [0.25, 0.3) is 0 Å². The van der Waals surface area contributed by atoms with E-state index >= 15 is 0 Å². The highest BCUT2D eigenvalue weighted by atomic mass is 79.9. The third-order valence-electron chi connectivity index (χ3n) is 2.95. The van der Waals surface area contributed by atoms with Crippen molar-refractivity contribution in [1.82, 2.24) is 25.1 Å². The summed E-state index contributed by atoms with van der Waals surface area (Å²) in [4.78, 5) is 8.80. The molecule has 0 aliphatic carbocycles. The van der Waals surface area contributed by atoms with Crippen LogP contribution in [0.1, 0.15) is 31.4 Å². The second kappa shape index (κ2) is 6.77. The number of nitrogens with one attached hydrogen (secondary N) is 1. The molecule has 0 spiro atoms. The predicted molar refractivity (Wildman–Crippen MR) is 77.8 cm³/mol. The second-order valence-electron chi connectivity index (χ2n) is 4.18. The van der Waals surface area contributed by atoms with Crippen LogP contribution in [0.15, 0.2) is 29.1 Å². The largest absolute Gasteiger partial charge is 0.308 e. The molecule has 0 saturated heterocycles. The highest BCUT2D eigenvalue weighted by Gasteiger charge is 2.18. The van der Waals surface area contributed by atoms with Gasteiger partial charge in [-0.15, -0.1) is 0 Å². The number of aryl methyl sites for hydroxylation is 1. The van der Waals surface area contributed by atoms with Gasteiger partial charge in [-0.05, 0) is 41.5 Å². The van der Waals surface area contributed by atoms with E-state index in [-0.39, 0.29) is 6.04 Å². The molecular formula is C13H18BrN5. The monoisotopic (exact) mass is 323 g/mol. The molecular weight excluding hydrogens is 306 g/mol. The predicted octanol–water partition coefficient (Wildman–Crippen LogP) is 2.35. The maximum absolute atomic E-state index is 4.47. The molecule has 2 aromatic heterocycles. The van der Waals surface area contributed by atoms with Gasteiger partial charge in [0.15, 0.2) is 0 Å².